The van der Waals surface area contributed by atoms with Crippen LogP contribution in [0, 0.1) is 19.7 Å². The van der Waals surface area contributed by atoms with Gasteiger partial charge in [-0.25, -0.2) is 4.39 Å². The number of amides is 1. The van der Waals surface area contributed by atoms with Crippen LogP contribution < -0.4 is 4.90 Å². The third-order valence-electron chi connectivity index (χ3n) is 3.97. The van der Waals surface area contributed by atoms with E-state index in [4.69, 9.17) is 0 Å². The van der Waals surface area contributed by atoms with Gasteiger partial charge in [0.15, 0.2) is 0 Å². The molecule has 0 aliphatic carbocycles. The van der Waals surface area contributed by atoms with Gasteiger partial charge in [0.25, 0.3) is 0 Å². The first-order valence-electron chi connectivity index (χ1n) is 8.53. The Morgan fingerprint density at radius 3 is 2.44 bits per heavy atom. The molecular weight excluding hydrogens is 365 g/mol. The Kier molecular flexibility index (Phi) is 5.85. The maximum absolute atomic E-state index is 13.1. The number of hydrogen-bond donors (Lipinski definition) is 0. The third-order valence-corrected chi connectivity index (χ3v) is 4.88. The van der Waals surface area contributed by atoms with Crippen LogP contribution in [-0.2, 0) is 4.79 Å². The summed E-state index contributed by atoms with van der Waals surface area (Å²) >= 11 is 1.27. The lowest BCUT2D eigenvalue weighted by Crippen LogP contribution is -2.32. The van der Waals surface area contributed by atoms with Gasteiger partial charge < -0.3 is 4.90 Å². The number of aryl methyl sites for hydroxylation is 2. The Morgan fingerprint density at radius 1 is 1.15 bits per heavy atom. The molecule has 0 saturated carbocycles. The van der Waals surface area contributed by atoms with E-state index >= 15 is 0 Å². The molecule has 0 fully saturated rings. The zero-order valence-electron chi connectivity index (χ0n) is 15.4. The smallest absolute Gasteiger partial charge is 0.237 e. The molecular formula is C19H20FN5OS. The molecule has 0 atom stereocenters. The number of tetrazole rings is 1. The molecule has 0 unspecified atom stereocenters. The largest absolute Gasteiger partial charge is 0.312 e. The molecule has 0 saturated heterocycles. The monoisotopic (exact) mass is 385 g/mol. The van der Waals surface area contributed by atoms with E-state index in [2.05, 4.69) is 21.6 Å². The van der Waals surface area contributed by atoms with Crippen molar-refractivity contribution in [3.8, 4) is 5.69 Å². The molecule has 1 heterocycles. The van der Waals surface area contributed by atoms with E-state index in [1.165, 1.54) is 23.9 Å². The van der Waals surface area contributed by atoms with Crippen molar-refractivity contribution in [2.24, 2.45) is 0 Å². The Morgan fingerprint density at radius 2 is 1.81 bits per heavy atom. The molecule has 0 bridgehead atoms. The van der Waals surface area contributed by atoms with Crippen LogP contribution >= 0.6 is 11.8 Å². The van der Waals surface area contributed by atoms with E-state index in [0.29, 0.717) is 17.4 Å². The summed E-state index contributed by atoms with van der Waals surface area (Å²) < 4.78 is 14.8. The van der Waals surface area contributed by atoms with Crippen LogP contribution in [0.2, 0.25) is 0 Å². The minimum Gasteiger partial charge on any atom is -0.312 e. The summed E-state index contributed by atoms with van der Waals surface area (Å²) in [5.74, 6) is -0.246. The molecule has 3 aromatic rings. The van der Waals surface area contributed by atoms with Gasteiger partial charge in [0.05, 0.1) is 11.4 Å². The van der Waals surface area contributed by atoms with Crippen molar-refractivity contribution in [1.82, 2.24) is 20.2 Å². The number of benzene rings is 2. The number of anilines is 1. The second kappa shape index (κ2) is 8.30. The number of halogens is 1. The lowest BCUT2D eigenvalue weighted by molar-refractivity contribution is -0.116. The summed E-state index contributed by atoms with van der Waals surface area (Å²) in [6, 6.07) is 11.9. The summed E-state index contributed by atoms with van der Waals surface area (Å²) in [5.41, 5.74) is 3.75. The molecule has 0 aliphatic heterocycles. The molecule has 27 heavy (non-hydrogen) atoms. The van der Waals surface area contributed by atoms with Gasteiger partial charge in [-0.15, -0.1) is 5.10 Å². The maximum Gasteiger partial charge on any atom is 0.237 e. The first-order valence-corrected chi connectivity index (χ1v) is 9.52. The summed E-state index contributed by atoms with van der Waals surface area (Å²) in [5, 5.41) is 12.4. The van der Waals surface area contributed by atoms with E-state index in [9.17, 15) is 9.18 Å². The molecule has 3 rings (SSSR count). The molecule has 1 amide bonds. The number of carbonyl (C=O) groups excluding carboxylic acids is 1. The predicted molar refractivity (Wildman–Crippen MR) is 104 cm³/mol. The van der Waals surface area contributed by atoms with Crippen molar-refractivity contribution in [1.29, 1.82) is 0 Å². The zero-order valence-corrected chi connectivity index (χ0v) is 16.2. The first kappa shape index (κ1) is 19.0. The number of rotatable bonds is 6. The minimum absolute atomic E-state index is 0.0934. The van der Waals surface area contributed by atoms with Gasteiger partial charge in [-0.2, -0.15) is 4.68 Å². The normalized spacial score (nSPS) is 10.8. The molecule has 140 valence electrons. The Hall–Kier alpha value is -2.74. The highest BCUT2D eigenvalue weighted by Gasteiger charge is 2.17. The van der Waals surface area contributed by atoms with E-state index in [1.54, 1.807) is 21.7 Å². The summed E-state index contributed by atoms with van der Waals surface area (Å²) in [4.78, 5) is 14.3. The van der Waals surface area contributed by atoms with Crippen LogP contribution in [0.5, 0.6) is 0 Å². The van der Waals surface area contributed by atoms with E-state index in [1.807, 2.05) is 32.9 Å². The van der Waals surface area contributed by atoms with Gasteiger partial charge in [0.2, 0.25) is 11.1 Å². The van der Waals surface area contributed by atoms with Crippen molar-refractivity contribution < 1.29 is 9.18 Å². The van der Waals surface area contributed by atoms with Gasteiger partial charge in [-0.3, -0.25) is 4.79 Å². The van der Waals surface area contributed by atoms with Crippen molar-refractivity contribution in [3.05, 3.63) is 59.4 Å². The highest BCUT2D eigenvalue weighted by atomic mass is 32.2. The molecule has 8 heteroatoms. The second-order valence-electron chi connectivity index (χ2n) is 6.12. The van der Waals surface area contributed by atoms with Crippen molar-refractivity contribution in [2.75, 3.05) is 17.2 Å². The molecule has 0 N–H and O–H groups in total. The van der Waals surface area contributed by atoms with E-state index in [0.717, 1.165) is 16.8 Å². The Bertz CT molecular complexity index is 921. The number of hydrogen-bond acceptors (Lipinski definition) is 5. The quantitative estimate of drug-likeness (QED) is 0.607. The van der Waals surface area contributed by atoms with Crippen LogP contribution in [0.25, 0.3) is 5.69 Å². The van der Waals surface area contributed by atoms with Crippen LogP contribution in [0.1, 0.15) is 18.1 Å². The number of carbonyl (C=O) groups is 1. The summed E-state index contributed by atoms with van der Waals surface area (Å²) in [6.07, 6.45) is 0. The van der Waals surface area contributed by atoms with Crippen LogP contribution in [-0.4, -0.2) is 38.4 Å². The van der Waals surface area contributed by atoms with Crippen molar-refractivity contribution >= 4 is 23.4 Å². The van der Waals surface area contributed by atoms with Gasteiger partial charge in [-0.1, -0.05) is 17.8 Å². The van der Waals surface area contributed by atoms with Gasteiger partial charge in [-0.05, 0) is 78.7 Å². The molecule has 2 aromatic carbocycles. The zero-order chi connectivity index (χ0) is 19.4. The fourth-order valence-electron chi connectivity index (χ4n) is 2.83. The number of nitrogens with zero attached hydrogens (tertiary/aromatic N) is 5. The lowest BCUT2D eigenvalue weighted by atomic mass is 10.1. The third kappa shape index (κ3) is 4.51. The highest BCUT2D eigenvalue weighted by molar-refractivity contribution is 7.99. The molecule has 0 aliphatic rings. The molecule has 6 nitrogen and oxygen atoms in total. The van der Waals surface area contributed by atoms with Crippen LogP contribution in [0.15, 0.2) is 47.6 Å². The predicted octanol–water partition coefficient (Wildman–Crippen LogP) is 3.56. The van der Waals surface area contributed by atoms with Crippen molar-refractivity contribution in [3.63, 3.8) is 0 Å². The first-order chi connectivity index (χ1) is 13.0. The molecule has 1 aromatic heterocycles. The SMILES string of the molecule is CCN(C(=O)CSc1nnnn1-c1cc(C)cc(C)c1)c1ccc(F)cc1. The summed E-state index contributed by atoms with van der Waals surface area (Å²) in [7, 11) is 0. The highest BCUT2D eigenvalue weighted by Crippen LogP contribution is 2.22. The lowest BCUT2D eigenvalue weighted by Gasteiger charge is -2.20. The fraction of sp³-hybridized carbons (Fsp3) is 0.263. The fourth-order valence-corrected chi connectivity index (χ4v) is 3.60. The van der Waals surface area contributed by atoms with Crippen LogP contribution in [0.4, 0.5) is 10.1 Å². The Labute approximate surface area is 161 Å². The molecule has 0 radical (unpaired) electrons. The maximum atomic E-state index is 13.1. The molecule has 0 spiro atoms. The van der Waals surface area contributed by atoms with Gasteiger partial charge >= 0.3 is 0 Å². The minimum atomic E-state index is -0.329. The van der Waals surface area contributed by atoms with E-state index < -0.39 is 0 Å². The second-order valence-corrected chi connectivity index (χ2v) is 7.06. The number of thioether (sulfide) groups is 1. The topological polar surface area (TPSA) is 63.9 Å². The standard InChI is InChI=1S/C19H20FN5OS/c1-4-24(16-7-5-15(20)6-8-16)18(26)12-27-19-21-22-23-25(19)17-10-13(2)9-14(3)11-17/h5-11H,4,12H2,1-3H3. The Balaban J connectivity index is 1.74. The van der Waals surface area contributed by atoms with Gasteiger partial charge in [0, 0.05) is 12.2 Å². The van der Waals surface area contributed by atoms with Crippen LogP contribution in [0.3, 0.4) is 0 Å². The number of aromatic nitrogens is 4. The average molecular weight is 385 g/mol. The average Bonchev–Trinajstić information content (AvgIpc) is 3.10. The van der Waals surface area contributed by atoms with Gasteiger partial charge in [0.1, 0.15) is 5.82 Å². The van der Waals surface area contributed by atoms with Crippen molar-refractivity contribution in [2.45, 2.75) is 25.9 Å². The summed E-state index contributed by atoms with van der Waals surface area (Å²) in [6.45, 7) is 6.40. The van der Waals surface area contributed by atoms with E-state index in [-0.39, 0.29) is 17.5 Å².